The molecule has 2 aliphatic rings. The van der Waals surface area contributed by atoms with Crippen LogP contribution in [0.3, 0.4) is 0 Å². The number of hydrogen-bond donors (Lipinski definition) is 2. The van der Waals surface area contributed by atoms with Gasteiger partial charge in [-0.1, -0.05) is 19.8 Å². The van der Waals surface area contributed by atoms with Crippen molar-refractivity contribution < 1.29 is 9.90 Å². The third-order valence-electron chi connectivity index (χ3n) is 4.56. The van der Waals surface area contributed by atoms with E-state index in [9.17, 15) is 9.90 Å². The van der Waals surface area contributed by atoms with Crippen molar-refractivity contribution in [3.63, 3.8) is 0 Å². The van der Waals surface area contributed by atoms with Crippen LogP contribution in [0.2, 0.25) is 0 Å². The van der Waals surface area contributed by atoms with Crippen molar-refractivity contribution in [3.8, 4) is 0 Å². The van der Waals surface area contributed by atoms with E-state index in [0.29, 0.717) is 18.5 Å². The SMILES string of the molecule is CC1CCCCC1NC(=O)C(C)N1CC[C@H](O)C1. The Kier molecular flexibility index (Phi) is 4.62. The van der Waals surface area contributed by atoms with E-state index in [0.717, 1.165) is 19.4 Å². The van der Waals surface area contributed by atoms with Crippen LogP contribution in [-0.4, -0.2) is 47.2 Å². The van der Waals surface area contributed by atoms with Crippen LogP contribution in [0, 0.1) is 5.92 Å². The summed E-state index contributed by atoms with van der Waals surface area (Å²) in [5.41, 5.74) is 0. The summed E-state index contributed by atoms with van der Waals surface area (Å²) >= 11 is 0. The number of hydrogen-bond acceptors (Lipinski definition) is 3. The molecular formula is C14H26N2O2. The van der Waals surface area contributed by atoms with Gasteiger partial charge < -0.3 is 10.4 Å². The number of likely N-dealkylation sites (tertiary alicyclic amines) is 1. The molecule has 2 fully saturated rings. The molecule has 0 radical (unpaired) electrons. The Balaban J connectivity index is 1.83. The Hall–Kier alpha value is -0.610. The lowest BCUT2D eigenvalue weighted by Gasteiger charge is -2.32. The first kappa shape index (κ1) is 13.8. The van der Waals surface area contributed by atoms with Crippen LogP contribution in [0.15, 0.2) is 0 Å². The van der Waals surface area contributed by atoms with Gasteiger partial charge in [0, 0.05) is 19.1 Å². The first-order chi connectivity index (χ1) is 8.58. The van der Waals surface area contributed by atoms with Crippen LogP contribution in [0.4, 0.5) is 0 Å². The maximum absolute atomic E-state index is 12.2. The molecule has 3 unspecified atom stereocenters. The number of rotatable bonds is 3. The largest absolute Gasteiger partial charge is 0.392 e. The minimum Gasteiger partial charge on any atom is -0.392 e. The number of carbonyl (C=O) groups excluding carboxylic acids is 1. The second-order valence-electron chi connectivity index (χ2n) is 5.99. The third-order valence-corrected chi connectivity index (χ3v) is 4.56. The maximum atomic E-state index is 12.2. The molecule has 104 valence electrons. The predicted octanol–water partition coefficient (Wildman–Crippen LogP) is 1.14. The molecule has 1 saturated carbocycles. The Morgan fingerprint density at radius 2 is 2.06 bits per heavy atom. The molecule has 4 heteroatoms. The summed E-state index contributed by atoms with van der Waals surface area (Å²) in [7, 11) is 0. The molecule has 2 rings (SSSR count). The second kappa shape index (κ2) is 6.02. The van der Waals surface area contributed by atoms with Crippen molar-refractivity contribution in [2.75, 3.05) is 13.1 Å². The smallest absolute Gasteiger partial charge is 0.237 e. The number of aliphatic hydroxyl groups is 1. The van der Waals surface area contributed by atoms with E-state index in [1.165, 1.54) is 19.3 Å². The van der Waals surface area contributed by atoms with E-state index in [1.54, 1.807) is 0 Å². The summed E-state index contributed by atoms with van der Waals surface area (Å²) in [6, 6.07) is 0.234. The zero-order valence-electron chi connectivity index (χ0n) is 11.6. The van der Waals surface area contributed by atoms with Gasteiger partial charge in [-0.05, 0) is 32.1 Å². The maximum Gasteiger partial charge on any atom is 0.237 e. The average molecular weight is 254 g/mol. The van der Waals surface area contributed by atoms with Crippen molar-refractivity contribution in [1.29, 1.82) is 0 Å². The lowest BCUT2D eigenvalue weighted by Crippen LogP contribution is -2.50. The highest BCUT2D eigenvalue weighted by Gasteiger charge is 2.30. The minimum atomic E-state index is -0.256. The molecule has 1 aliphatic carbocycles. The Labute approximate surface area is 110 Å². The van der Waals surface area contributed by atoms with Gasteiger partial charge in [0.05, 0.1) is 12.1 Å². The topological polar surface area (TPSA) is 52.6 Å². The fraction of sp³-hybridized carbons (Fsp3) is 0.929. The van der Waals surface area contributed by atoms with Gasteiger partial charge in [0.15, 0.2) is 0 Å². The van der Waals surface area contributed by atoms with E-state index >= 15 is 0 Å². The number of nitrogens with zero attached hydrogens (tertiary/aromatic N) is 1. The first-order valence-corrected chi connectivity index (χ1v) is 7.30. The normalized spacial score (nSPS) is 35.4. The van der Waals surface area contributed by atoms with E-state index in [2.05, 4.69) is 17.1 Å². The fourth-order valence-corrected chi connectivity index (χ4v) is 3.12. The molecule has 1 saturated heterocycles. The highest BCUT2D eigenvalue weighted by molar-refractivity contribution is 5.81. The van der Waals surface area contributed by atoms with Gasteiger partial charge in [-0.25, -0.2) is 0 Å². The zero-order valence-corrected chi connectivity index (χ0v) is 11.6. The van der Waals surface area contributed by atoms with Gasteiger partial charge in [0.25, 0.3) is 0 Å². The molecular weight excluding hydrogens is 228 g/mol. The quantitative estimate of drug-likeness (QED) is 0.794. The number of aliphatic hydroxyl groups excluding tert-OH is 1. The van der Waals surface area contributed by atoms with Crippen LogP contribution in [0.5, 0.6) is 0 Å². The molecule has 0 spiro atoms. The summed E-state index contributed by atoms with van der Waals surface area (Å²) < 4.78 is 0. The van der Waals surface area contributed by atoms with Crippen molar-refractivity contribution in [2.45, 2.75) is 64.1 Å². The van der Waals surface area contributed by atoms with E-state index in [4.69, 9.17) is 0 Å². The van der Waals surface area contributed by atoms with Crippen LogP contribution >= 0.6 is 0 Å². The molecule has 0 bridgehead atoms. The van der Waals surface area contributed by atoms with E-state index < -0.39 is 0 Å². The Morgan fingerprint density at radius 1 is 1.33 bits per heavy atom. The summed E-state index contributed by atoms with van der Waals surface area (Å²) in [5.74, 6) is 0.724. The highest BCUT2D eigenvalue weighted by Crippen LogP contribution is 2.24. The molecule has 0 aromatic carbocycles. The van der Waals surface area contributed by atoms with Crippen molar-refractivity contribution in [1.82, 2.24) is 10.2 Å². The second-order valence-corrected chi connectivity index (χ2v) is 5.99. The lowest BCUT2D eigenvalue weighted by atomic mass is 9.86. The Morgan fingerprint density at radius 3 is 2.67 bits per heavy atom. The first-order valence-electron chi connectivity index (χ1n) is 7.30. The highest BCUT2D eigenvalue weighted by atomic mass is 16.3. The van der Waals surface area contributed by atoms with Gasteiger partial charge in [0.2, 0.25) is 5.91 Å². The van der Waals surface area contributed by atoms with Crippen molar-refractivity contribution in [2.24, 2.45) is 5.92 Å². The van der Waals surface area contributed by atoms with Crippen molar-refractivity contribution >= 4 is 5.91 Å². The number of nitrogens with one attached hydrogen (secondary N) is 1. The average Bonchev–Trinajstić information content (AvgIpc) is 2.78. The summed E-state index contributed by atoms with van der Waals surface area (Å²) in [6.45, 7) is 5.64. The van der Waals surface area contributed by atoms with Crippen LogP contribution < -0.4 is 5.32 Å². The van der Waals surface area contributed by atoms with Gasteiger partial charge in [-0.2, -0.15) is 0 Å². The molecule has 1 amide bonds. The van der Waals surface area contributed by atoms with E-state index in [1.807, 2.05) is 6.92 Å². The summed E-state index contributed by atoms with van der Waals surface area (Å²) in [4.78, 5) is 14.3. The predicted molar refractivity (Wildman–Crippen MR) is 71.2 cm³/mol. The van der Waals surface area contributed by atoms with Gasteiger partial charge >= 0.3 is 0 Å². The standard InChI is InChI=1S/C14H26N2O2/c1-10-5-3-4-6-13(10)15-14(18)11(2)16-8-7-12(17)9-16/h10-13,17H,3-9H2,1-2H3,(H,15,18)/t10?,11?,12-,13?/m0/s1. The third kappa shape index (κ3) is 3.23. The Bertz CT molecular complexity index is 296. The molecule has 0 aromatic heterocycles. The van der Waals surface area contributed by atoms with Gasteiger partial charge in [0.1, 0.15) is 0 Å². The number of carbonyl (C=O) groups is 1. The van der Waals surface area contributed by atoms with Crippen LogP contribution in [-0.2, 0) is 4.79 Å². The monoisotopic (exact) mass is 254 g/mol. The molecule has 0 aromatic rings. The molecule has 2 N–H and O–H groups in total. The lowest BCUT2D eigenvalue weighted by molar-refractivity contribution is -0.126. The summed E-state index contributed by atoms with van der Waals surface area (Å²) in [5, 5.41) is 12.7. The zero-order chi connectivity index (χ0) is 13.1. The van der Waals surface area contributed by atoms with Gasteiger partial charge in [-0.15, -0.1) is 0 Å². The van der Waals surface area contributed by atoms with Gasteiger partial charge in [-0.3, -0.25) is 9.69 Å². The van der Waals surface area contributed by atoms with Crippen molar-refractivity contribution in [3.05, 3.63) is 0 Å². The van der Waals surface area contributed by atoms with Crippen LogP contribution in [0.25, 0.3) is 0 Å². The minimum absolute atomic E-state index is 0.115. The number of β-amino-alcohol motifs (C(OH)–C–C–N with tert-alkyl or cyclic N) is 1. The summed E-state index contributed by atoms with van der Waals surface area (Å²) in [6.07, 6.45) is 5.39. The number of amides is 1. The van der Waals surface area contributed by atoms with Crippen LogP contribution in [0.1, 0.15) is 46.0 Å². The van der Waals surface area contributed by atoms with E-state index in [-0.39, 0.29) is 18.1 Å². The molecule has 4 atom stereocenters. The molecule has 4 nitrogen and oxygen atoms in total. The molecule has 1 aliphatic heterocycles. The fourth-order valence-electron chi connectivity index (χ4n) is 3.12. The molecule has 18 heavy (non-hydrogen) atoms. The molecule has 1 heterocycles.